The third-order valence-corrected chi connectivity index (χ3v) is 3.60. The maximum atomic E-state index is 11.9. The van der Waals surface area contributed by atoms with E-state index in [1.165, 1.54) is 0 Å². The minimum Gasteiger partial charge on any atom is -0.493 e. The minimum atomic E-state index is -0.492. The standard InChI is InChI=1S/C17H28N2O3/c1-17(2,3)15(18)16(20)19-10-6-7-12-8-9-13(21-4)14(11-12)22-5/h8-9,11,15H,6-7,10,18H2,1-5H3,(H,19,20)/t15-/m1/s1. The number of nitrogens with two attached hydrogens (primary N) is 1. The average molecular weight is 308 g/mol. The smallest absolute Gasteiger partial charge is 0.237 e. The van der Waals surface area contributed by atoms with Crippen LogP contribution >= 0.6 is 0 Å². The van der Waals surface area contributed by atoms with E-state index < -0.39 is 6.04 Å². The average Bonchev–Trinajstić information content (AvgIpc) is 2.49. The van der Waals surface area contributed by atoms with Crippen LogP contribution in [0.4, 0.5) is 0 Å². The predicted molar refractivity (Wildman–Crippen MR) is 88.3 cm³/mol. The highest BCUT2D eigenvalue weighted by Crippen LogP contribution is 2.27. The number of hydrogen-bond donors (Lipinski definition) is 2. The van der Waals surface area contributed by atoms with Gasteiger partial charge in [-0.1, -0.05) is 26.8 Å². The summed E-state index contributed by atoms with van der Waals surface area (Å²) in [4.78, 5) is 11.9. The van der Waals surface area contributed by atoms with Crippen LogP contribution in [0.2, 0.25) is 0 Å². The Morgan fingerprint density at radius 3 is 2.41 bits per heavy atom. The quantitative estimate of drug-likeness (QED) is 0.757. The number of methoxy groups -OCH3 is 2. The Hall–Kier alpha value is -1.75. The molecule has 22 heavy (non-hydrogen) atoms. The van der Waals surface area contributed by atoms with Crippen molar-refractivity contribution >= 4 is 5.91 Å². The monoisotopic (exact) mass is 308 g/mol. The second-order valence-corrected chi connectivity index (χ2v) is 6.43. The minimum absolute atomic E-state index is 0.0974. The second kappa shape index (κ2) is 8.03. The summed E-state index contributed by atoms with van der Waals surface area (Å²) in [6, 6.07) is 5.36. The molecule has 0 fully saturated rings. The second-order valence-electron chi connectivity index (χ2n) is 6.43. The van der Waals surface area contributed by atoms with Gasteiger partial charge >= 0.3 is 0 Å². The van der Waals surface area contributed by atoms with Gasteiger partial charge in [-0.05, 0) is 36.0 Å². The fourth-order valence-corrected chi connectivity index (χ4v) is 2.04. The summed E-state index contributed by atoms with van der Waals surface area (Å²) in [5.74, 6) is 1.34. The highest BCUT2D eigenvalue weighted by Gasteiger charge is 2.26. The van der Waals surface area contributed by atoms with E-state index in [1.807, 2.05) is 39.0 Å². The molecule has 1 aromatic carbocycles. The van der Waals surface area contributed by atoms with E-state index in [-0.39, 0.29) is 11.3 Å². The Balaban J connectivity index is 2.44. The summed E-state index contributed by atoms with van der Waals surface area (Å²) in [6.07, 6.45) is 1.70. The number of hydrogen-bond acceptors (Lipinski definition) is 4. The molecule has 5 heteroatoms. The Morgan fingerprint density at radius 1 is 1.23 bits per heavy atom. The van der Waals surface area contributed by atoms with Crippen molar-refractivity contribution < 1.29 is 14.3 Å². The molecule has 0 bridgehead atoms. The van der Waals surface area contributed by atoms with Gasteiger partial charge in [-0.15, -0.1) is 0 Å². The maximum absolute atomic E-state index is 11.9. The molecule has 1 atom stereocenters. The number of amides is 1. The molecule has 0 saturated carbocycles. The SMILES string of the molecule is COc1ccc(CCCNC(=O)[C@@H](N)C(C)(C)C)cc1OC. The van der Waals surface area contributed by atoms with Crippen molar-refractivity contribution in [3.63, 3.8) is 0 Å². The first-order chi connectivity index (χ1) is 10.3. The van der Waals surface area contributed by atoms with Crippen molar-refractivity contribution in [3.8, 4) is 11.5 Å². The zero-order valence-electron chi connectivity index (χ0n) is 14.2. The maximum Gasteiger partial charge on any atom is 0.237 e. The first-order valence-electron chi connectivity index (χ1n) is 7.53. The van der Waals surface area contributed by atoms with Crippen molar-refractivity contribution in [1.29, 1.82) is 0 Å². The van der Waals surface area contributed by atoms with E-state index in [0.29, 0.717) is 6.54 Å². The summed E-state index contributed by atoms with van der Waals surface area (Å²) >= 11 is 0. The molecule has 0 saturated heterocycles. The number of carbonyl (C=O) groups excluding carboxylic acids is 1. The molecule has 0 aliphatic rings. The number of ether oxygens (including phenoxy) is 2. The van der Waals surface area contributed by atoms with Gasteiger partial charge < -0.3 is 20.5 Å². The van der Waals surface area contributed by atoms with Crippen molar-refractivity contribution in [2.75, 3.05) is 20.8 Å². The molecule has 124 valence electrons. The predicted octanol–water partition coefficient (Wildman–Crippen LogP) is 2.13. The van der Waals surface area contributed by atoms with Crippen LogP contribution in [-0.2, 0) is 11.2 Å². The van der Waals surface area contributed by atoms with Gasteiger partial charge in [-0.25, -0.2) is 0 Å². The van der Waals surface area contributed by atoms with E-state index in [0.717, 1.165) is 29.9 Å². The van der Waals surface area contributed by atoms with Crippen molar-refractivity contribution in [3.05, 3.63) is 23.8 Å². The summed E-state index contributed by atoms with van der Waals surface area (Å²) in [5.41, 5.74) is 6.83. The molecule has 1 rings (SSSR count). The molecule has 1 amide bonds. The first kappa shape index (κ1) is 18.3. The van der Waals surface area contributed by atoms with Gasteiger partial charge in [0, 0.05) is 6.54 Å². The van der Waals surface area contributed by atoms with Gasteiger partial charge in [-0.3, -0.25) is 4.79 Å². The molecule has 0 aliphatic carbocycles. The van der Waals surface area contributed by atoms with Gasteiger partial charge in [0.2, 0.25) is 5.91 Å². The van der Waals surface area contributed by atoms with Crippen LogP contribution in [-0.4, -0.2) is 32.7 Å². The van der Waals surface area contributed by atoms with Gasteiger partial charge in [-0.2, -0.15) is 0 Å². The van der Waals surface area contributed by atoms with E-state index in [9.17, 15) is 4.79 Å². The van der Waals surface area contributed by atoms with Crippen LogP contribution in [0.15, 0.2) is 18.2 Å². The van der Waals surface area contributed by atoms with Crippen LogP contribution in [0.25, 0.3) is 0 Å². The van der Waals surface area contributed by atoms with Crippen LogP contribution in [0.5, 0.6) is 11.5 Å². The summed E-state index contributed by atoms with van der Waals surface area (Å²) in [7, 11) is 3.24. The summed E-state index contributed by atoms with van der Waals surface area (Å²) in [5, 5.41) is 2.89. The van der Waals surface area contributed by atoms with Crippen LogP contribution in [0.1, 0.15) is 32.8 Å². The number of carbonyl (C=O) groups is 1. The zero-order chi connectivity index (χ0) is 16.8. The number of benzene rings is 1. The van der Waals surface area contributed by atoms with E-state index in [2.05, 4.69) is 5.32 Å². The normalized spacial score (nSPS) is 12.6. The largest absolute Gasteiger partial charge is 0.493 e. The third-order valence-electron chi connectivity index (χ3n) is 3.60. The summed E-state index contributed by atoms with van der Waals surface area (Å²) < 4.78 is 10.5. The zero-order valence-corrected chi connectivity index (χ0v) is 14.2. The van der Waals surface area contributed by atoms with Crippen LogP contribution in [0, 0.1) is 5.41 Å². The summed E-state index contributed by atoms with van der Waals surface area (Å²) in [6.45, 7) is 6.49. The molecule has 0 unspecified atom stereocenters. The Bertz CT molecular complexity index is 495. The van der Waals surface area contributed by atoms with Gasteiger partial charge in [0.25, 0.3) is 0 Å². The van der Waals surface area contributed by atoms with Crippen molar-refractivity contribution in [2.24, 2.45) is 11.1 Å². The van der Waals surface area contributed by atoms with Gasteiger partial charge in [0.1, 0.15) is 0 Å². The molecule has 0 aliphatic heterocycles. The van der Waals surface area contributed by atoms with Gasteiger partial charge in [0.15, 0.2) is 11.5 Å². The lowest BCUT2D eigenvalue weighted by Crippen LogP contribution is -2.48. The molecule has 0 aromatic heterocycles. The lowest BCUT2D eigenvalue weighted by molar-refractivity contribution is -0.124. The molecule has 3 N–H and O–H groups in total. The Morgan fingerprint density at radius 2 is 1.86 bits per heavy atom. The molecular formula is C17H28N2O3. The first-order valence-corrected chi connectivity index (χ1v) is 7.53. The van der Waals surface area contributed by atoms with E-state index in [1.54, 1.807) is 14.2 Å². The lowest BCUT2D eigenvalue weighted by atomic mass is 9.87. The lowest BCUT2D eigenvalue weighted by Gasteiger charge is -2.25. The Labute approximate surface area is 133 Å². The Kier molecular flexibility index (Phi) is 6.68. The third kappa shape index (κ3) is 5.22. The molecule has 0 heterocycles. The van der Waals surface area contributed by atoms with E-state index >= 15 is 0 Å². The van der Waals surface area contributed by atoms with Crippen LogP contribution in [0.3, 0.4) is 0 Å². The number of aryl methyl sites for hydroxylation is 1. The van der Waals surface area contributed by atoms with Gasteiger partial charge in [0.05, 0.1) is 20.3 Å². The molecular weight excluding hydrogens is 280 g/mol. The molecule has 1 aromatic rings. The molecule has 5 nitrogen and oxygen atoms in total. The number of rotatable bonds is 7. The topological polar surface area (TPSA) is 73.6 Å². The van der Waals surface area contributed by atoms with E-state index in [4.69, 9.17) is 15.2 Å². The van der Waals surface area contributed by atoms with Crippen molar-refractivity contribution in [1.82, 2.24) is 5.32 Å². The molecule has 0 spiro atoms. The highest BCUT2D eigenvalue weighted by molar-refractivity contribution is 5.82. The van der Waals surface area contributed by atoms with Crippen LogP contribution < -0.4 is 20.5 Å². The van der Waals surface area contributed by atoms with Crippen molar-refractivity contribution in [2.45, 2.75) is 39.7 Å². The number of nitrogens with one attached hydrogen (secondary N) is 1. The fourth-order valence-electron chi connectivity index (χ4n) is 2.04. The molecule has 0 radical (unpaired) electrons. The highest BCUT2D eigenvalue weighted by atomic mass is 16.5. The fraction of sp³-hybridized carbons (Fsp3) is 0.588.